The molecule has 2 unspecified atom stereocenters. The fourth-order valence-electron chi connectivity index (χ4n) is 2.83. The standard InChI is InChI=1S/C16H14N2O5S/c1-9-4-2-3-5-10(9)15-14-11(7-19)12(20)6-13(24(21,22)23)16(14)18-8-17-15/h2-8,11-12,20H,1H3,(H,21,22,23). The van der Waals surface area contributed by atoms with E-state index < -0.39 is 27.0 Å². The van der Waals surface area contributed by atoms with E-state index in [1.165, 1.54) is 6.33 Å². The van der Waals surface area contributed by atoms with Crippen LogP contribution in [0.15, 0.2) is 36.7 Å². The normalized spacial score (nSPS) is 20.2. The Labute approximate surface area is 138 Å². The second-order valence-corrected chi connectivity index (χ2v) is 6.85. The summed E-state index contributed by atoms with van der Waals surface area (Å²) in [6.45, 7) is 1.85. The molecule has 24 heavy (non-hydrogen) atoms. The molecule has 1 aromatic carbocycles. The summed E-state index contributed by atoms with van der Waals surface area (Å²) in [6.07, 6.45) is 1.21. The Kier molecular flexibility index (Phi) is 4.04. The van der Waals surface area contributed by atoms with Crippen molar-refractivity contribution in [3.8, 4) is 11.3 Å². The van der Waals surface area contributed by atoms with E-state index in [0.29, 0.717) is 17.5 Å². The number of aliphatic hydroxyl groups excluding tert-OH is 1. The van der Waals surface area contributed by atoms with Gasteiger partial charge in [-0.3, -0.25) is 4.55 Å². The minimum absolute atomic E-state index is 0.0758. The van der Waals surface area contributed by atoms with E-state index >= 15 is 0 Å². The summed E-state index contributed by atoms with van der Waals surface area (Å²) in [7, 11) is -4.62. The summed E-state index contributed by atoms with van der Waals surface area (Å²) in [4.78, 5) is 19.1. The number of hydrogen-bond donors (Lipinski definition) is 2. The minimum Gasteiger partial charge on any atom is -0.388 e. The Morgan fingerprint density at radius 1 is 1.17 bits per heavy atom. The van der Waals surface area contributed by atoms with Crippen molar-refractivity contribution >= 4 is 21.3 Å². The molecule has 3 rings (SSSR count). The number of aryl methyl sites for hydroxylation is 1. The molecule has 0 aliphatic heterocycles. The first-order valence-electron chi connectivity index (χ1n) is 7.08. The average Bonchev–Trinajstić information content (AvgIpc) is 2.53. The summed E-state index contributed by atoms with van der Waals surface area (Å²) in [5.41, 5.74) is 2.01. The van der Waals surface area contributed by atoms with E-state index in [9.17, 15) is 22.9 Å². The first kappa shape index (κ1) is 16.4. The summed E-state index contributed by atoms with van der Waals surface area (Å²) < 4.78 is 32.7. The van der Waals surface area contributed by atoms with Crippen LogP contribution in [0.4, 0.5) is 0 Å². The minimum atomic E-state index is -4.62. The average molecular weight is 346 g/mol. The molecule has 7 nitrogen and oxygen atoms in total. The van der Waals surface area contributed by atoms with Crippen LogP contribution >= 0.6 is 0 Å². The van der Waals surface area contributed by atoms with Gasteiger partial charge in [0.1, 0.15) is 17.5 Å². The number of hydrogen-bond acceptors (Lipinski definition) is 6. The van der Waals surface area contributed by atoms with E-state index in [1.807, 2.05) is 19.1 Å². The Morgan fingerprint density at radius 2 is 1.83 bits per heavy atom. The van der Waals surface area contributed by atoms with Crippen LogP contribution in [-0.4, -0.2) is 40.4 Å². The molecule has 0 bridgehead atoms. The first-order valence-corrected chi connectivity index (χ1v) is 8.52. The highest BCUT2D eigenvalue weighted by Gasteiger charge is 2.36. The maximum Gasteiger partial charge on any atom is 0.296 e. The molecule has 0 fully saturated rings. The predicted molar refractivity (Wildman–Crippen MR) is 86.5 cm³/mol. The molecule has 2 N–H and O–H groups in total. The van der Waals surface area contributed by atoms with Gasteiger partial charge in [-0.2, -0.15) is 8.42 Å². The van der Waals surface area contributed by atoms with Gasteiger partial charge in [-0.1, -0.05) is 24.3 Å². The van der Waals surface area contributed by atoms with Crippen molar-refractivity contribution in [2.45, 2.75) is 18.9 Å². The second-order valence-electron chi connectivity index (χ2n) is 5.46. The molecule has 1 heterocycles. The van der Waals surface area contributed by atoms with Crippen LogP contribution in [0.5, 0.6) is 0 Å². The zero-order valence-electron chi connectivity index (χ0n) is 12.6. The molecular weight excluding hydrogens is 332 g/mol. The van der Waals surface area contributed by atoms with Crippen LogP contribution in [0.25, 0.3) is 16.2 Å². The van der Waals surface area contributed by atoms with Crippen LogP contribution in [0.2, 0.25) is 0 Å². The smallest absolute Gasteiger partial charge is 0.296 e. The summed E-state index contributed by atoms with van der Waals surface area (Å²) in [5, 5.41) is 10.2. The molecule has 0 spiro atoms. The van der Waals surface area contributed by atoms with Gasteiger partial charge in [-0.05, 0) is 18.6 Å². The van der Waals surface area contributed by atoms with Crippen LogP contribution < -0.4 is 0 Å². The lowest BCUT2D eigenvalue weighted by Gasteiger charge is -2.26. The van der Waals surface area contributed by atoms with Crippen molar-refractivity contribution in [3.05, 3.63) is 53.5 Å². The molecule has 2 atom stereocenters. The van der Waals surface area contributed by atoms with Gasteiger partial charge in [0.15, 0.2) is 0 Å². The molecule has 0 saturated heterocycles. The lowest BCUT2D eigenvalue weighted by Crippen LogP contribution is -2.27. The number of carbonyl (C=O) groups is 1. The third-order valence-electron chi connectivity index (χ3n) is 3.97. The number of aliphatic hydroxyl groups is 1. The quantitative estimate of drug-likeness (QED) is 0.636. The third kappa shape index (κ3) is 2.64. The molecule has 1 aliphatic rings. The predicted octanol–water partition coefficient (Wildman–Crippen LogP) is 1.34. The zero-order chi connectivity index (χ0) is 17.5. The van der Waals surface area contributed by atoms with E-state index in [2.05, 4.69) is 9.97 Å². The number of aromatic nitrogens is 2. The Hall–Kier alpha value is -2.42. The van der Waals surface area contributed by atoms with Gasteiger partial charge in [0.2, 0.25) is 0 Å². The topological polar surface area (TPSA) is 117 Å². The highest BCUT2D eigenvalue weighted by Crippen LogP contribution is 2.40. The van der Waals surface area contributed by atoms with Crippen LogP contribution in [0.3, 0.4) is 0 Å². The maximum atomic E-state index is 11.6. The number of nitrogens with zero attached hydrogens (tertiary/aromatic N) is 2. The SMILES string of the molecule is Cc1ccccc1-c1ncnc2c1C(C=O)C(O)C=C2S(=O)(=O)O. The van der Waals surface area contributed by atoms with Crippen molar-refractivity contribution in [1.29, 1.82) is 0 Å². The lowest BCUT2D eigenvalue weighted by atomic mass is 9.85. The number of fused-ring (bicyclic) bond motifs is 1. The van der Waals surface area contributed by atoms with Gasteiger partial charge in [-0.15, -0.1) is 0 Å². The zero-order valence-corrected chi connectivity index (χ0v) is 13.4. The molecule has 124 valence electrons. The molecule has 0 saturated carbocycles. The summed E-state index contributed by atoms with van der Waals surface area (Å²) >= 11 is 0. The molecule has 0 amide bonds. The van der Waals surface area contributed by atoms with Gasteiger partial charge in [0, 0.05) is 11.1 Å². The summed E-state index contributed by atoms with van der Waals surface area (Å²) in [6, 6.07) is 7.24. The third-order valence-corrected chi connectivity index (χ3v) is 4.85. The van der Waals surface area contributed by atoms with Crippen molar-refractivity contribution in [1.82, 2.24) is 9.97 Å². The molecule has 0 radical (unpaired) electrons. The number of aldehydes is 1. The highest BCUT2D eigenvalue weighted by atomic mass is 32.2. The van der Waals surface area contributed by atoms with Crippen LogP contribution in [0, 0.1) is 6.92 Å². The number of rotatable bonds is 3. The maximum absolute atomic E-state index is 11.6. The molecule has 8 heteroatoms. The molecule has 1 aromatic heterocycles. The molecule has 1 aliphatic carbocycles. The van der Waals surface area contributed by atoms with Crippen LogP contribution in [0.1, 0.15) is 22.7 Å². The fraction of sp³-hybridized carbons (Fsp3) is 0.188. The van der Waals surface area contributed by atoms with Crippen molar-refractivity contribution in [2.75, 3.05) is 0 Å². The Bertz CT molecular complexity index is 953. The van der Waals surface area contributed by atoms with E-state index in [1.54, 1.807) is 12.1 Å². The van der Waals surface area contributed by atoms with E-state index in [-0.39, 0.29) is 11.3 Å². The van der Waals surface area contributed by atoms with Gasteiger partial charge in [-0.25, -0.2) is 9.97 Å². The highest BCUT2D eigenvalue weighted by molar-refractivity contribution is 7.95. The van der Waals surface area contributed by atoms with Gasteiger partial charge in [0.25, 0.3) is 10.1 Å². The van der Waals surface area contributed by atoms with Gasteiger partial charge >= 0.3 is 0 Å². The first-order chi connectivity index (χ1) is 11.3. The van der Waals surface area contributed by atoms with Crippen molar-refractivity contribution < 1.29 is 22.9 Å². The second kappa shape index (κ2) is 5.90. The van der Waals surface area contributed by atoms with Gasteiger partial charge in [0.05, 0.1) is 23.4 Å². The molecule has 2 aromatic rings. The van der Waals surface area contributed by atoms with Crippen LogP contribution in [-0.2, 0) is 14.9 Å². The van der Waals surface area contributed by atoms with E-state index in [0.717, 1.165) is 11.6 Å². The lowest BCUT2D eigenvalue weighted by molar-refractivity contribution is -0.110. The summed E-state index contributed by atoms with van der Waals surface area (Å²) in [5.74, 6) is -1.03. The fourth-order valence-corrected chi connectivity index (χ4v) is 3.54. The number of carbonyl (C=O) groups excluding carboxylic acids is 1. The van der Waals surface area contributed by atoms with E-state index in [4.69, 9.17) is 0 Å². The Morgan fingerprint density at radius 3 is 2.46 bits per heavy atom. The van der Waals surface area contributed by atoms with Crippen molar-refractivity contribution in [3.63, 3.8) is 0 Å². The molecular formula is C16H14N2O5S. The van der Waals surface area contributed by atoms with Gasteiger partial charge < -0.3 is 9.90 Å². The largest absolute Gasteiger partial charge is 0.388 e. The van der Waals surface area contributed by atoms with Crippen molar-refractivity contribution in [2.24, 2.45) is 0 Å². The monoisotopic (exact) mass is 346 g/mol. The number of benzene rings is 1. The Balaban J connectivity index is 2.37.